The number of carbonyl (C=O) groups is 1. The normalized spacial score (nSPS) is 11.7. The summed E-state index contributed by atoms with van der Waals surface area (Å²) in [7, 11) is 1.22. The minimum absolute atomic E-state index is 0.00534. The molecule has 0 saturated carbocycles. The largest absolute Gasteiger partial charge is 0.383 e. The fourth-order valence-electron chi connectivity index (χ4n) is 1.99. The van der Waals surface area contributed by atoms with Gasteiger partial charge in [-0.15, -0.1) is 0 Å². The van der Waals surface area contributed by atoms with Gasteiger partial charge in [0.15, 0.2) is 11.5 Å². The van der Waals surface area contributed by atoms with E-state index in [0.29, 0.717) is 11.3 Å². The highest BCUT2D eigenvalue weighted by Gasteiger charge is 2.26. The molecule has 0 N–H and O–H groups in total. The molecule has 0 saturated heterocycles. The van der Waals surface area contributed by atoms with Gasteiger partial charge in [-0.2, -0.15) is 0 Å². The van der Waals surface area contributed by atoms with E-state index in [4.69, 9.17) is 4.52 Å². The molecule has 2 rings (SSSR count). The van der Waals surface area contributed by atoms with Crippen molar-refractivity contribution in [1.82, 2.24) is 10.1 Å². The average molecular weight is 349 g/mol. The molecule has 0 unspecified atom stereocenters. The van der Waals surface area contributed by atoms with E-state index in [0.717, 1.165) is 10.5 Å². The van der Waals surface area contributed by atoms with E-state index in [2.05, 4.69) is 5.16 Å². The minimum Gasteiger partial charge on any atom is -0.383 e. The quantitative estimate of drug-likeness (QED) is 0.586. The Balaban J connectivity index is 2.35. The van der Waals surface area contributed by atoms with Gasteiger partial charge in [0, 0.05) is 39.0 Å². The Morgan fingerprint density at radius 2 is 1.96 bits per heavy atom. The maximum atomic E-state index is 12.6. The summed E-state index contributed by atoms with van der Waals surface area (Å²) in [6.45, 7) is 1.53. The highest BCUT2D eigenvalue weighted by molar-refractivity contribution is 7.92. The number of benzene rings is 1. The summed E-state index contributed by atoms with van der Waals surface area (Å²) in [5, 5.41) is 3.50. The van der Waals surface area contributed by atoms with Crippen molar-refractivity contribution in [3.63, 3.8) is 0 Å². The molecule has 8 heteroatoms. The van der Waals surface area contributed by atoms with Crippen LogP contribution < -0.4 is 4.31 Å². The van der Waals surface area contributed by atoms with Crippen molar-refractivity contribution in [2.45, 2.75) is 11.8 Å². The van der Waals surface area contributed by atoms with E-state index in [-0.39, 0.29) is 16.4 Å². The number of anilines is 1. The van der Waals surface area contributed by atoms with Crippen molar-refractivity contribution in [3.8, 4) is 0 Å². The van der Waals surface area contributed by atoms with Crippen molar-refractivity contribution in [1.29, 1.82) is 0 Å². The first kappa shape index (κ1) is 17.7. The van der Waals surface area contributed by atoms with Crippen LogP contribution in [0.1, 0.15) is 16.1 Å². The van der Waals surface area contributed by atoms with E-state index in [1.54, 1.807) is 29.3 Å². The van der Waals surface area contributed by atoms with Gasteiger partial charge < -0.3 is 9.42 Å². The second kappa shape index (κ2) is 6.88. The Labute approximate surface area is 141 Å². The van der Waals surface area contributed by atoms with Gasteiger partial charge in [-0.25, -0.2) is 8.42 Å². The lowest BCUT2D eigenvalue weighted by Crippen LogP contribution is -2.26. The summed E-state index contributed by atoms with van der Waals surface area (Å²) < 4.78 is 31.2. The number of sulfonamides is 1. The van der Waals surface area contributed by atoms with Crippen LogP contribution in [0.15, 0.2) is 52.2 Å². The van der Waals surface area contributed by atoms with Crippen LogP contribution in [-0.2, 0) is 10.0 Å². The molecule has 128 valence electrons. The highest BCUT2D eigenvalue weighted by atomic mass is 32.2. The molecule has 0 aliphatic carbocycles. The molecule has 0 aliphatic rings. The number of hydrogen-bond donors (Lipinski definition) is 0. The molecular weight excluding hydrogens is 330 g/mol. The molecule has 0 fully saturated rings. The van der Waals surface area contributed by atoms with Gasteiger partial charge in [0.2, 0.25) is 0 Å². The molecule has 0 spiro atoms. The standard InChI is InChI=1S/C16H19N3O4S/c1-12-16(11-17-23-12)24(21,22)19(4)14-7-5-6-13(10-14)15(20)8-9-18(2)3/h5-11H,1-4H3/b9-8+. The molecule has 0 atom stereocenters. The van der Waals surface area contributed by atoms with Gasteiger partial charge >= 0.3 is 0 Å². The van der Waals surface area contributed by atoms with E-state index in [1.165, 1.54) is 26.1 Å². The number of ketones is 1. The Morgan fingerprint density at radius 1 is 1.25 bits per heavy atom. The fraction of sp³-hybridized carbons (Fsp3) is 0.250. The van der Waals surface area contributed by atoms with Crippen molar-refractivity contribution in [2.75, 3.05) is 25.4 Å². The predicted molar refractivity (Wildman–Crippen MR) is 90.4 cm³/mol. The number of nitrogens with zero attached hydrogens (tertiary/aromatic N) is 3. The monoisotopic (exact) mass is 349 g/mol. The average Bonchev–Trinajstić information content (AvgIpc) is 2.98. The second-order valence-electron chi connectivity index (χ2n) is 5.41. The second-order valence-corrected chi connectivity index (χ2v) is 7.35. The van der Waals surface area contributed by atoms with Crippen molar-refractivity contribution >= 4 is 21.5 Å². The maximum absolute atomic E-state index is 12.6. The third-order valence-corrected chi connectivity index (χ3v) is 5.24. The molecular formula is C16H19N3O4S. The first-order valence-corrected chi connectivity index (χ1v) is 8.56. The maximum Gasteiger partial charge on any atom is 0.269 e. The topological polar surface area (TPSA) is 83.7 Å². The first-order chi connectivity index (χ1) is 11.2. The van der Waals surface area contributed by atoms with E-state index in [1.807, 2.05) is 14.1 Å². The number of allylic oxidation sites excluding steroid dienone is 1. The molecule has 1 heterocycles. The zero-order valence-corrected chi connectivity index (χ0v) is 14.7. The third kappa shape index (κ3) is 3.65. The molecule has 0 aliphatic heterocycles. The number of aromatic nitrogens is 1. The fourth-order valence-corrected chi connectivity index (χ4v) is 3.25. The van der Waals surface area contributed by atoms with Gasteiger partial charge in [0.05, 0.1) is 11.9 Å². The molecule has 2 aromatic rings. The highest BCUT2D eigenvalue weighted by Crippen LogP contribution is 2.24. The van der Waals surface area contributed by atoms with Crippen LogP contribution >= 0.6 is 0 Å². The van der Waals surface area contributed by atoms with Crippen molar-refractivity contribution in [3.05, 3.63) is 54.1 Å². The Hall–Kier alpha value is -2.61. The van der Waals surface area contributed by atoms with E-state index in [9.17, 15) is 13.2 Å². The lowest BCUT2D eigenvalue weighted by molar-refractivity contribution is 0.104. The molecule has 0 bridgehead atoms. The number of carbonyl (C=O) groups excluding carboxylic acids is 1. The molecule has 0 amide bonds. The van der Waals surface area contributed by atoms with Gasteiger partial charge in [0.1, 0.15) is 4.90 Å². The predicted octanol–water partition coefficient (Wildman–Crippen LogP) is 2.07. The molecule has 0 radical (unpaired) electrons. The third-order valence-electron chi connectivity index (χ3n) is 3.36. The van der Waals surface area contributed by atoms with Gasteiger partial charge in [-0.1, -0.05) is 17.3 Å². The van der Waals surface area contributed by atoms with E-state index >= 15 is 0 Å². The molecule has 1 aromatic heterocycles. The SMILES string of the molecule is Cc1oncc1S(=O)(=O)N(C)c1cccc(C(=O)/C=C/N(C)C)c1. The molecule has 24 heavy (non-hydrogen) atoms. The zero-order valence-electron chi connectivity index (χ0n) is 13.9. The van der Waals surface area contributed by atoms with E-state index < -0.39 is 10.0 Å². The lowest BCUT2D eigenvalue weighted by Gasteiger charge is -2.19. The van der Waals surface area contributed by atoms with Gasteiger partial charge in [-0.3, -0.25) is 9.10 Å². The minimum atomic E-state index is -3.81. The number of hydrogen-bond acceptors (Lipinski definition) is 6. The summed E-state index contributed by atoms with van der Waals surface area (Å²) in [6, 6.07) is 6.42. The Bertz CT molecular complexity index is 869. The number of rotatable bonds is 6. The van der Waals surface area contributed by atoms with Crippen LogP contribution in [0.4, 0.5) is 5.69 Å². The van der Waals surface area contributed by atoms with Crippen LogP contribution in [0.25, 0.3) is 0 Å². The summed E-state index contributed by atoms with van der Waals surface area (Å²) >= 11 is 0. The molecule has 1 aromatic carbocycles. The summed E-state index contributed by atoms with van der Waals surface area (Å²) in [5.41, 5.74) is 0.773. The van der Waals surface area contributed by atoms with Crippen molar-refractivity contribution < 1.29 is 17.7 Å². The summed E-state index contributed by atoms with van der Waals surface area (Å²) in [6.07, 6.45) is 4.23. The zero-order chi connectivity index (χ0) is 17.9. The van der Waals surface area contributed by atoms with Crippen LogP contribution in [0, 0.1) is 6.92 Å². The van der Waals surface area contributed by atoms with Crippen LogP contribution in [0.3, 0.4) is 0 Å². The smallest absolute Gasteiger partial charge is 0.269 e. The van der Waals surface area contributed by atoms with Gasteiger partial charge in [0.25, 0.3) is 10.0 Å². The van der Waals surface area contributed by atoms with Gasteiger partial charge in [-0.05, 0) is 19.1 Å². The molecule has 7 nitrogen and oxygen atoms in total. The van der Waals surface area contributed by atoms with Crippen LogP contribution in [-0.4, -0.2) is 45.4 Å². The number of aryl methyl sites for hydroxylation is 1. The summed E-state index contributed by atoms with van der Waals surface area (Å²) in [4.78, 5) is 13.9. The Morgan fingerprint density at radius 3 is 2.54 bits per heavy atom. The summed E-state index contributed by atoms with van der Waals surface area (Å²) in [5.74, 6) is 0.000466. The first-order valence-electron chi connectivity index (χ1n) is 7.12. The van der Waals surface area contributed by atoms with Crippen LogP contribution in [0.2, 0.25) is 0 Å². The van der Waals surface area contributed by atoms with Crippen molar-refractivity contribution in [2.24, 2.45) is 0 Å². The lowest BCUT2D eigenvalue weighted by atomic mass is 10.1. The van der Waals surface area contributed by atoms with Crippen LogP contribution in [0.5, 0.6) is 0 Å². The Kier molecular flexibility index (Phi) is 5.08.